The van der Waals surface area contributed by atoms with Crippen LogP contribution in [0.5, 0.6) is 0 Å². The van der Waals surface area contributed by atoms with E-state index < -0.39 is 11.4 Å². The highest BCUT2D eigenvalue weighted by molar-refractivity contribution is 5.81. The monoisotopic (exact) mass is 314 g/mol. The molecule has 2 aromatic rings. The van der Waals surface area contributed by atoms with Gasteiger partial charge in [-0.05, 0) is 32.3 Å². The number of hydrogen-bond donors (Lipinski definition) is 1. The highest BCUT2D eigenvalue weighted by atomic mass is 16.4. The first kappa shape index (κ1) is 15.7. The van der Waals surface area contributed by atoms with E-state index in [0.717, 1.165) is 29.9 Å². The molecule has 1 aliphatic heterocycles. The Balaban J connectivity index is 1.74. The first-order valence-corrected chi connectivity index (χ1v) is 7.93. The molecule has 2 heterocycles. The van der Waals surface area contributed by atoms with E-state index in [2.05, 4.69) is 9.88 Å². The summed E-state index contributed by atoms with van der Waals surface area (Å²) in [4.78, 5) is 18.5. The molecule has 0 bridgehead atoms. The number of benzene rings is 1. The first-order valence-electron chi connectivity index (χ1n) is 7.93. The SMILES string of the molecule is Cc1cccc(C2(C(=O)O)CCN(Cc3nc(C)co3)CC2)c1. The number of aliphatic carboxylic acids is 1. The summed E-state index contributed by atoms with van der Waals surface area (Å²) in [6, 6.07) is 7.88. The summed E-state index contributed by atoms with van der Waals surface area (Å²) in [6.45, 7) is 5.98. The van der Waals surface area contributed by atoms with Gasteiger partial charge in [-0.2, -0.15) is 0 Å². The Labute approximate surface area is 135 Å². The molecule has 0 radical (unpaired) electrons. The van der Waals surface area contributed by atoms with Crippen LogP contribution in [-0.2, 0) is 16.8 Å². The third-order valence-corrected chi connectivity index (χ3v) is 4.72. The van der Waals surface area contributed by atoms with Gasteiger partial charge in [-0.25, -0.2) is 4.98 Å². The average Bonchev–Trinajstić information content (AvgIpc) is 2.93. The van der Waals surface area contributed by atoms with Crippen LogP contribution in [0.1, 0.15) is 35.6 Å². The van der Waals surface area contributed by atoms with Crippen LogP contribution in [0.15, 0.2) is 34.9 Å². The molecule has 1 aromatic heterocycles. The smallest absolute Gasteiger partial charge is 0.314 e. The molecule has 0 amide bonds. The van der Waals surface area contributed by atoms with Gasteiger partial charge in [0.25, 0.3) is 0 Å². The van der Waals surface area contributed by atoms with Gasteiger partial charge in [0.15, 0.2) is 0 Å². The maximum absolute atomic E-state index is 12.0. The summed E-state index contributed by atoms with van der Waals surface area (Å²) in [6.07, 6.45) is 2.85. The van der Waals surface area contributed by atoms with Gasteiger partial charge in [0.1, 0.15) is 6.26 Å². The molecule has 0 unspecified atom stereocenters. The zero-order valence-electron chi connectivity index (χ0n) is 13.6. The van der Waals surface area contributed by atoms with Crippen LogP contribution >= 0.6 is 0 Å². The number of likely N-dealkylation sites (tertiary alicyclic amines) is 1. The van der Waals surface area contributed by atoms with Gasteiger partial charge in [0.2, 0.25) is 5.89 Å². The summed E-state index contributed by atoms with van der Waals surface area (Å²) in [5, 5.41) is 9.86. The van der Waals surface area contributed by atoms with Gasteiger partial charge in [-0.3, -0.25) is 9.69 Å². The van der Waals surface area contributed by atoms with Crippen LogP contribution in [0.4, 0.5) is 0 Å². The molecule has 5 heteroatoms. The van der Waals surface area contributed by atoms with Crippen LogP contribution in [0.3, 0.4) is 0 Å². The Bertz CT molecular complexity index is 700. The van der Waals surface area contributed by atoms with Gasteiger partial charge in [0.05, 0.1) is 17.7 Å². The molecule has 5 nitrogen and oxygen atoms in total. The normalized spacial score (nSPS) is 18.0. The lowest BCUT2D eigenvalue weighted by molar-refractivity contribution is -0.146. The zero-order chi connectivity index (χ0) is 16.4. The Kier molecular flexibility index (Phi) is 4.22. The molecule has 23 heavy (non-hydrogen) atoms. The van der Waals surface area contributed by atoms with Crippen molar-refractivity contribution < 1.29 is 14.3 Å². The number of aromatic nitrogens is 1. The number of rotatable bonds is 4. The van der Waals surface area contributed by atoms with E-state index in [9.17, 15) is 9.90 Å². The highest BCUT2D eigenvalue weighted by Gasteiger charge is 2.43. The molecule has 122 valence electrons. The van der Waals surface area contributed by atoms with Crippen molar-refractivity contribution in [3.63, 3.8) is 0 Å². The van der Waals surface area contributed by atoms with Crippen molar-refractivity contribution >= 4 is 5.97 Å². The minimum Gasteiger partial charge on any atom is -0.481 e. The second kappa shape index (κ2) is 6.16. The van der Waals surface area contributed by atoms with Crippen LogP contribution < -0.4 is 0 Å². The molecule has 1 aromatic carbocycles. The fraction of sp³-hybridized carbons (Fsp3) is 0.444. The topological polar surface area (TPSA) is 66.6 Å². The van der Waals surface area contributed by atoms with Gasteiger partial charge < -0.3 is 9.52 Å². The maximum Gasteiger partial charge on any atom is 0.314 e. The maximum atomic E-state index is 12.0. The summed E-state index contributed by atoms with van der Waals surface area (Å²) >= 11 is 0. The number of carboxylic acid groups (broad SMARTS) is 1. The lowest BCUT2D eigenvalue weighted by atomic mass is 9.72. The summed E-state index contributed by atoms with van der Waals surface area (Å²) in [5.41, 5.74) is 2.10. The summed E-state index contributed by atoms with van der Waals surface area (Å²) in [7, 11) is 0. The van der Waals surface area contributed by atoms with Crippen molar-refractivity contribution in [2.45, 2.75) is 38.6 Å². The lowest BCUT2D eigenvalue weighted by Gasteiger charge is -2.39. The zero-order valence-corrected chi connectivity index (χ0v) is 13.6. The minimum absolute atomic E-state index is 0.603. The van der Waals surface area contributed by atoms with E-state index in [1.54, 1.807) is 6.26 Å². The third-order valence-electron chi connectivity index (χ3n) is 4.72. The quantitative estimate of drug-likeness (QED) is 0.940. The van der Waals surface area contributed by atoms with E-state index in [1.807, 2.05) is 38.1 Å². The number of piperidine rings is 1. The molecule has 1 fully saturated rings. The standard InChI is InChI=1S/C18H22N2O3/c1-13-4-3-5-15(10-13)18(17(21)22)6-8-20(9-7-18)11-16-19-14(2)12-23-16/h3-5,10,12H,6-9,11H2,1-2H3,(H,21,22). The molecule has 0 atom stereocenters. The van der Waals surface area contributed by atoms with Gasteiger partial charge in [-0.1, -0.05) is 29.8 Å². The predicted molar refractivity (Wildman–Crippen MR) is 86.2 cm³/mol. The first-order chi connectivity index (χ1) is 11.0. The van der Waals surface area contributed by atoms with E-state index in [-0.39, 0.29) is 0 Å². The Hall–Kier alpha value is -2.14. The Morgan fingerprint density at radius 2 is 2.09 bits per heavy atom. The van der Waals surface area contributed by atoms with E-state index in [1.165, 1.54) is 0 Å². The van der Waals surface area contributed by atoms with Crippen molar-refractivity contribution in [3.05, 3.63) is 53.2 Å². The van der Waals surface area contributed by atoms with Crippen LogP contribution in [0, 0.1) is 13.8 Å². The van der Waals surface area contributed by atoms with Crippen molar-refractivity contribution in [3.8, 4) is 0 Å². The van der Waals surface area contributed by atoms with Crippen molar-refractivity contribution in [1.82, 2.24) is 9.88 Å². The second-order valence-electron chi connectivity index (χ2n) is 6.42. The van der Waals surface area contributed by atoms with Crippen LogP contribution in [0.2, 0.25) is 0 Å². The Morgan fingerprint density at radius 1 is 1.35 bits per heavy atom. The number of nitrogens with zero attached hydrogens (tertiary/aromatic N) is 2. The van der Waals surface area contributed by atoms with Gasteiger partial charge in [0, 0.05) is 13.1 Å². The fourth-order valence-electron chi connectivity index (χ4n) is 3.33. The Morgan fingerprint density at radius 3 is 2.65 bits per heavy atom. The van der Waals surface area contributed by atoms with Crippen molar-refractivity contribution in [2.24, 2.45) is 0 Å². The molecule has 1 saturated heterocycles. The van der Waals surface area contributed by atoms with Gasteiger partial charge >= 0.3 is 5.97 Å². The summed E-state index contributed by atoms with van der Waals surface area (Å²) in [5.74, 6) is -0.0319. The van der Waals surface area contributed by atoms with Gasteiger partial charge in [-0.15, -0.1) is 0 Å². The number of carboxylic acids is 1. The van der Waals surface area contributed by atoms with Crippen molar-refractivity contribution in [2.75, 3.05) is 13.1 Å². The predicted octanol–water partition coefficient (Wildman–Crippen LogP) is 2.91. The average molecular weight is 314 g/mol. The molecular weight excluding hydrogens is 292 g/mol. The molecule has 0 aliphatic carbocycles. The van der Waals surface area contributed by atoms with Crippen LogP contribution in [-0.4, -0.2) is 34.0 Å². The number of hydrogen-bond acceptors (Lipinski definition) is 4. The molecule has 0 spiro atoms. The van der Waals surface area contributed by atoms with E-state index in [0.29, 0.717) is 25.3 Å². The second-order valence-corrected chi connectivity index (χ2v) is 6.42. The fourth-order valence-corrected chi connectivity index (χ4v) is 3.33. The third kappa shape index (κ3) is 3.15. The molecule has 1 aliphatic rings. The minimum atomic E-state index is -0.783. The number of carbonyl (C=O) groups is 1. The largest absolute Gasteiger partial charge is 0.481 e. The van der Waals surface area contributed by atoms with E-state index >= 15 is 0 Å². The molecule has 0 saturated carbocycles. The van der Waals surface area contributed by atoms with Crippen molar-refractivity contribution in [1.29, 1.82) is 0 Å². The molecular formula is C18H22N2O3. The highest BCUT2D eigenvalue weighted by Crippen LogP contribution is 2.36. The molecule has 3 rings (SSSR count). The molecule has 1 N–H and O–H groups in total. The van der Waals surface area contributed by atoms with E-state index in [4.69, 9.17) is 4.42 Å². The van der Waals surface area contributed by atoms with Crippen LogP contribution in [0.25, 0.3) is 0 Å². The number of aryl methyl sites for hydroxylation is 2. The number of oxazole rings is 1. The lowest BCUT2D eigenvalue weighted by Crippen LogP contribution is -2.47. The summed E-state index contributed by atoms with van der Waals surface area (Å²) < 4.78 is 5.40.